The highest BCUT2D eigenvalue weighted by Crippen LogP contribution is 2.39. The van der Waals surface area contributed by atoms with Gasteiger partial charge in [0.1, 0.15) is 11.9 Å². The van der Waals surface area contributed by atoms with Gasteiger partial charge in [-0.3, -0.25) is 14.8 Å². The molecule has 1 amide bonds. The lowest BCUT2D eigenvalue weighted by atomic mass is 10.0. The van der Waals surface area contributed by atoms with Gasteiger partial charge in [-0.15, -0.1) is 0 Å². The Morgan fingerprint density at radius 3 is 2.86 bits per heavy atom. The Balaban J connectivity index is 1.41. The first-order chi connectivity index (χ1) is 13.6. The molecule has 142 valence electrons. The second kappa shape index (κ2) is 7.98. The van der Waals surface area contributed by atoms with Crippen molar-refractivity contribution in [2.24, 2.45) is 0 Å². The maximum atomic E-state index is 12.5. The number of carbonyl (C=O) groups excluding carboxylic acids is 1. The summed E-state index contributed by atoms with van der Waals surface area (Å²) in [5.41, 5.74) is 3.68. The van der Waals surface area contributed by atoms with Crippen molar-refractivity contribution in [3.63, 3.8) is 0 Å². The first-order valence-electron chi connectivity index (χ1n) is 9.20. The van der Waals surface area contributed by atoms with Crippen molar-refractivity contribution in [3.8, 4) is 17.0 Å². The summed E-state index contributed by atoms with van der Waals surface area (Å²) in [7, 11) is 0. The molecule has 6 heteroatoms. The highest BCUT2D eigenvalue weighted by Gasteiger charge is 2.27. The van der Waals surface area contributed by atoms with Crippen LogP contribution < -0.4 is 10.1 Å². The molecule has 4 rings (SSSR count). The highest BCUT2D eigenvalue weighted by atomic mass is 35.5. The Hall–Kier alpha value is -2.92. The molecule has 1 aromatic heterocycles. The SMILES string of the molecule is C[C@@H](C(=O)NC[C@@H]1Cc2cc(-c3cnccn3)cc(Cl)c2O1)c1ccccc1. The largest absolute Gasteiger partial charge is 0.486 e. The van der Waals surface area contributed by atoms with Gasteiger partial charge in [0, 0.05) is 29.9 Å². The fraction of sp³-hybridized carbons (Fsp3) is 0.227. The molecule has 0 bridgehead atoms. The number of hydrogen-bond donors (Lipinski definition) is 1. The fourth-order valence-electron chi connectivity index (χ4n) is 3.36. The van der Waals surface area contributed by atoms with Crippen LogP contribution in [0.1, 0.15) is 24.0 Å². The molecule has 1 N–H and O–H groups in total. The fourth-order valence-corrected chi connectivity index (χ4v) is 3.64. The van der Waals surface area contributed by atoms with Crippen LogP contribution in [0.2, 0.25) is 5.02 Å². The molecule has 2 aromatic carbocycles. The van der Waals surface area contributed by atoms with Gasteiger partial charge in [-0.2, -0.15) is 0 Å². The summed E-state index contributed by atoms with van der Waals surface area (Å²) >= 11 is 6.42. The van der Waals surface area contributed by atoms with Crippen LogP contribution in [0.4, 0.5) is 0 Å². The Morgan fingerprint density at radius 1 is 1.29 bits per heavy atom. The van der Waals surface area contributed by atoms with Crippen molar-refractivity contribution in [3.05, 3.63) is 77.2 Å². The third-order valence-electron chi connectivity index (χ3n) is 4.91. The first kappa shape index (κ1) is 18.4. The monoisotopic (exact) mass is 393 g/mol. The van der Waals surface area contributed by atoms with Crippen LogP contribution in [0, 0.1) is 0 Å². The molecular formula is C22H20ClN3O2. The zero-order valence-electron chi connectivity index (χ0n) is 15.4. The summed E-state index contributed by atoms with van der Waals surface area (Å²) in [5.74, 6) is 0.457. The van der Waals surface area contributed by atoms with Gasteiger partial charge in [0.25, 0.3) is 0 Å². The van der Waals surface area contributed by atoms with Gasteiger partial charge >= 0.3 is 0 Å². The van der Waals surface area contributed by atoms with Crippen molar-refractivity contribution >= 4 is 17.5 Å². The van der Waals surface area contributed by atoms with Crippen molar-refractivity contribution < 1.29 is 9.53 Å². The van der Waals surface area contributed by atoms with Crippen LogP contribution in [-0.2, 0) is 11.2 Å². The van der Waals surface area contributed by atoms with Crippen molar-refractivity contribution in [2.45, 2.75) is 25.4 Å². The number of nitrogens with zero attached hydrogens (tertiary/aromatic N) is 2. The number of hydrogen-bond acceptors (Lipinski definition) is 4. The van der Waals surface area contributed by atoms with E-state index in [9.17, 15) is 4.79 Å². The van der Waals surface area contributed by atoms with Crippen LogP contribution >= 0.6 is 11.6 Å². The number of aromatic nitrogens is 2. The van der Waals surface area contributed by atoms with E-state index in [4.69, 9.17) is 16.3 Å². The number of halogens is 1. The maximum Gasteiger partial charge on any atom is 0.227 e. The zero-order chi connectivity index (χ0) is 19.5. The number of amides is 1. The molecule has 1 aliphatic rings. The second-order valence-corrected chi connectivity index (χ2v) is 7.27. The summed E-state index contributed by atoms with van der Waals surface area (Å²) in [5, 5.41) is 3.54. The van der Waals surface area contributed by atoms with Crippen LogP contribution in [-0.4, -0.2) is 28.5 Å². The number of nitrogens with one attached hydrogen (secondary N) is 1. The lowest BCUT2D eigenvalue weighted by Gasteiger charge is -2.16. The van der Waals surface area contributed by atoms with Crippen LogP contribution in [0.3, 0.4) is 0 Å². The van der Waals surface area contributed by atoms with E-state index in [0.29, 0.717) is 23.7 Å². The number of benzene rings is 2. The zero-order valence-corrected chi connectivity index (χ0v) is 16.2. The Labute approximate surface area is 168 Å². The Morgan fingerprint density at radius 2 is 2.11 bits per heavy atom. The van der Waals surface area contributed by atoms with Gasteiger partial charge in [0.2, 0.25) is 5.91 Å². The standard InChI is InChI=1S/C22H20ClN3O2/c1-14(15-5-3-2-4-6-15)22(27)26-12-18-10-17-9-16(11-19(23)21(17)28-18)20-13-24-7-8-25-20/h2-9,11,13-14,18H,10,12H2,1H3,(H,26,27)/t14-,18+/m1/s1. The quantitative estimate of drug-likeness (QED) is 0.711. The van der Waals surface area contributed by atoms with Crippen molar-refractivity contribution in [1.82, 2.24) is 15.3 Å². The average molecular weight is 394 g/mol. The number of ether oxygens (including phenoxy) is 1. The van der Waals surface area contributed by atoms with E-state index in [2.05, 4.69) is 15.3 Å². The molecular weight excluding hydrogens is 374 g/mol. The normalized spacial score (nSPS) is 16.1. The van der Waals surface area contributed by atoms with Crippen molar-refractivity contribution in [2.75, 3.05) is 6.54 Å². The third kappa shape index (κ3) is 3.85. The second-order valence-electron chi connectivity index (χ2n) is 6.86. The van der Waals surface area contributed by atoms with Gasteiger partial charge in [-0.1, -0.05) is 41.9 Å². The minimum absolute atomic E-state index is 0.0166. The molecule has 28 heavy (non-hydrogen) atoms. The Bertz CT molecular complexity index is 980. The number of rotatable bonds is 5. The first-order valence-corrected chi connectivity index (χ1v) is 9.57. The molecule has 0 aliphatic carbocycles. The summed E-state index contributed by atoms with van der Waals surface area (Å²) in [6.07, 6.45) is 5.53. The van der Waals surface area contributed by atoms with Gasteiger partial charge in [0.15, 0.2) is 0 Å². The van der Waals surface area contributed by atoms with Gasteiger partial charge in [-0.05, 0) is 24.6 Å². The van der Waals surface area contributed by atoms with Crippen LogP contribution in [0.25, 0.3) is 11.3 Å². The summed E-state index contributed by atoms with van der Waals surface area (Å²) in [6.45, 7) is 2.33. The van der Waals surface area contributed by atoms with E-state index in [-0.39, 0.29) is 17.9 Å². The molecule has 3 aromatic rings. The van der Waals surface area contributed by atoms with Crippen LogP contribution in [0.5, 0.6) is 5.75 Å². The van der Waals surface area contributed by atoms with Gasteiger partial charge in [-0.25, -0.2) is 0 Å². The van der Waals surface area contributed by atoms with Gasteiger partial charge in [0.05, 0.1) is 29.4 Å². The smallest absolute Gasteiger partial charge is 0.227 e. The van der Waals surface area contributed by atoms with Crippen molar-refractivity contribution in [1.29, 1.82) is 0 Å². The average Bonchev–Trinajstić information content (AvgIpc) is 3.16. The predicted molar refractivity (Wildman–Crippen MR) is 108 cm³/mol. The van der Waals surface area contributed by atoms with E-state index in [1.54, 1.807) is 18.6 Å². The topological polar surface area (TPSA) is 64.1 Å². The molecule has 2 heterocycles. The maximum absolute atomic E-state index is 12.5. The molecule has 2 atom stereocenters. The third-order valence-corrected chi connectivity index (χ3v) is 5.19. The van der Waals surface area contributed by atoms with E-state index >= 15 is 0 Å². The van der Waals surface area contributed by atoms with Gasteiger partial charge < -0.3 is 10.1 Å². The number of fused-ring (bicyclic) bond motifs is 1. The van der Waals surface area contributed by atoms with E-state index < -0.39 is 0 Å². The van der Waals surface area contributed by atoms with Crippen LogP contribution in [0.15, 0.2) is 61.1 Å². The molecule has 0 radical (unpaired) electrons. The summed E-state index contributed by atoms with van der Waals surface area (Å²) < 4.78 is 5.98. The summed E-state index contributed by atoms with van der Waals surface area (Å²) in [4.78, 5) is 20.9. The molecule has 5 nitrogen and oxygen atoms in total. The lowest BCUT2D eigenvalue weighted by molar-refractivity contribution is -0.122. The minimum Gasteiger partial charge on any atom is -0.486 e. The van der Waals surface area contributed by atoms with E-state index in [1.807, 2.05) is 49.4 Å². The molecule has 0 spiro atoms. The predicted octanol–water partition coefficient (Wildman–Crippen LogP) is 4.02. The molecule has 0 saturated heterocycles. The molecule has 0 unspecified atom stereocenters. The number of carbonyl (C=O) groups is 1. The minimum atomic E-state index is -0.211. The Kier molecular flexibility index (Phi) is 5.26. The summed E-state index contributed by atoms with van der Waals surface area (Å²) in [6, 6.07) is 13.6. The molecule has 0 saturated carbocycles. The molecule has 0 fully saturated rings. The molecule has 1 aliphatic heterocycles. The lowest BCUT2D eigenvalue weighted by Crippen LogP contribution is -2.36. The van der Waals surface area contributed by atoms with E-state index in [0.717, 1.165) is 22.4 Å². The van der Waals surface area contributed by atoms with E-state index in [1.165, 1.54) is 0 Å². The highest BCUT2D eigenvalue weighted by molar-refractivity contribution is 6.32.